The second-order valence-corrected chi connectivity index (χ2v) is 12.1. The first-order chi connectivity index (χ1) is 23.8. The predicted molar refractivity (Wildman–Crippen MR) is 196 cm³/mol. The highest BCUT2D eigenvalue weighted by Gasteiger charge is 2.23. The Morgan fingerprint density at radius 1 is 0.354 bits per heavy atom. The Bertz CT molecular complexity index is 2720. The number of fused-ring (bicyclic) bond motifs is 5. The molecule has 3 heterocycles. The third kappa shape index (κ3) is 4.01. The van der Waals surface area contributed by atoms with Crippen LogP contribution in [0.2, 0.25) is 0 Å². The van der Waals surface area contributed by atoms with E-state index in [-0.39, 0.29) is 0 Å². The predicted octanol–water partition coefficient (Wildman–Crippen LogP) is 10.5. The van der Waals surface area contributed by atoms with E-state index in [1.807, 2.05) is 60.7 Å². The van der Waals surface area contributed by atoms with E-state index in [1.54, 1.807) is 0 Å². The molecule has 10 rings (SSSR count). The number of pyridine rings is 1. The van der Waals surface area contributed by atoms with Gasteiger partial charge in [0.1, 0.15) is 0 Å². The van der Waals surface area contributed by atoms with Crippen molar-refractivity contribution in [3.8, 4) is 45.5 Å². The average molecular weight is 614 g/mol. The Morgan fingerprint density at radius 3 is 1.60 bits per heavy atom. The summed E-state index contributed by atoms with van der Waals surface area (Å²) in [5.74, 6) is 1.93. The topological polar surface area (TPSA) is 48.5 Å². The summed E-state index contributed by atoms with van der Waals surface area (Å²) in [5, 5.41) is 5.00. The Labute approximate surface area is 276 Å². The number of para-hydroxylation sites is 3. The first kappa shape index (κ1) is 26.6. The molecule has 2 aliphatic heterocycles. The van der Waals surface area contributed by atoms with Crippen LogP contribution < -0.4 is 0 Å². The number of nitrogens with zero attached hydrogens (tertiary/aromatic N) is 5. The minimum atomic E-state index is 0.632. The van der Waals surface area contributed by atoms with Gasteiger partial charge in [0.2, 0.25) is 0 Å². The van der Waals surface area contributed by atoms with E-state index < -0.39 is 0 Å². The van der Waals surface area contributed by atoms with Crippen LogP contribution in [0.1, 0.15) is 0 Å². The fourth-order valence-electron chi connectivity index (χ4n) is 7.22. The van der Waals surface area contributed by atoms with Gasteiger partial charge in [-0.3, -0.25) is 0 Å². The van der Waals surface area contributed by atoms with E-state index in [1.165, 1.54) is 32.7 Å². The summed E-state index contributed by atoms with van der Waals surface area (Å²) in [7, 11) is 0. The summed E-state index contributed by atoms with van der Waals surface area (Å²) in [4.78, 5) is 15.0. The molecule has 5 heteroatoms. The van der Waals surface area contributed by atoms with Gasteiger partial charge in [-0.15, -0.1) is 0 Å². The summed E-state index contributed by atoms with van der Waals surface area (Å²) < 4.78 is 4.83. The minimum Gasteiger partial charge on any atom is -0.306 e. The Kier molecular flexibility index (Phi) is 5.81. The highest BCUT2D eigenvalue weighted by atomic mass is 15.1. The van der Waals surface area contributed by atoms with Gasteiger partial charge in [0, 0.05) is 33.2 Å². The maximum absolute atomic E-state index is 5.02. The molecule has 48 heavy (non-hydrogen) atoms. The molecule has 5 nitrogen and oxygen atoms in total. The minimum absolute atomic E-state index is 0.632. The van der Waals surface area contributed by atoms with Crippen LogP contribution in [-0.4, -0.2) is 24.1 Å². The Hall–Kier alpha value is -6.59. The maximum Gasteiger partial charge on any atom is 0.164 e. The molecule has 0 saturated carbocycles. The van der Waals surface area contributed by atoms with Gasteiger partial charge in [0.15, 0.2) is 17.5 Å². The SMILES string of the molecule is c1ccc(-c2nc(-c3ccccc3)nc(-c3cccc(-n4c5ccc6cccc7c8ccccc8n(c8ccccc84)-c5c67)c3)n2)cc1. The quantitative estimate of drug-likeness (QED) is 0.147. The third-order valence-electron chi connectivity index (χ3n) is 9.32. The molecule has 0 spiro atoms. The van der Waals surface area contributed by atoms with E-state index in [4.69, 9.17) is 15.0 Å². The van der Waals surface area contributed by atoms with Gasteiger partial charge in [-0.2, -0.15) is 0 Å². The summed E-state index contributed by atoms with van der Waals surface area (Å²) >= 11 is 0. The standard InChI is InChI=1S/C43H27N5/c1-3-13-29(14-4-1)41-44-42(30-15-5-2-6-16-30)46-43(45-41)31-18-11-19-32(27-31)47-36-23-9-10-24-37(36)48-35-22-8-7-20-33(35)34-21-12-17-28-25-26-38(47)40(48)39(28)34/h1-27H. The molecule has 0 unspecified atom stereocenters. The smallest absolute Gasteiger partial charge is 0.164 e. The first-order valence-corrected chi connectivity index (χ1v) is 16.1. The summed E-state index contributed by atoms with van der Waals surface area (Å²) in [6.45, 7) is 0. The number of hydrogen-bond acceptors (Lipinski definition) is 3. The zero-order valence-electron chi connectivity index (χ0n) is 25.8. The first-order valence-electron chi connectivity index (χ1n) is 16.1. The summed E-state index contributed by atoms with van der Waals surface area (Å²) in [6, 6.07) is 57.3. The molecule has 0 amide bonds. The molecule has 8 aromatic rings. The molecule has 0 atom stereocenters. The molecule has 7 aromatic carbocycles. The molecular weight excluding hydrogens is 587 g/mol. The maximum atomic E-state index is 5.02. The Morgan fingerprint density at radius 2 is 0.896 bits per heavy atom. The summed E-state index contributed by atoms with van der Waals surface area (Å²) in [5.41, 5.74) is 9.63. The molecule has 1 aromatic heterocycles. The van der Waals surface area contributed by atoms with Crippen LogP contribution in [-0.2, 0) is 0 Å². The normalized spacial score (nSPS) is 11.8. The lowest BCUT2D eigenvalue weighted by Gasteiger charge is -2.27. The molecule has 2 aliphatic rings. The van der Waals surface area contributed by atoms with Crippen LogP contribution in [0.4, 0.5) is 0 Å². The molecule has 0 aliphatic carbocycles. The number of aromatic nitrogens is 5. The van der Waals surface area contributed by atoms with Crippen molar-refractivity contribution in [2.24, 2.45) is 0 Å². The molecule has 0 N–H and O–H groups in total. The van der Waals surface area contributed by atoms with Crippen LogP contribution in [0.3, 0.4) is 0 Å². The molecule has 0 fully saturated rings. The molecule has 0 radical (unpaired) electrons. The van der Waals surface area contributed by atoms with E-state index in [0.717, 1.165) is 38.9 Å². The van der Waals surface area contributed by atoms with E-state index in [9.17, 15) is 0 Å². The third-order valence-corrected chi connectivity index (χ3v) is 9.32. The van der Waals surface area contributed by atoms with Crippen molar-refractivity contribution in [2.45, 2.75) is 0 Å². The fraction of sp³-hybridized carbons (Fsp3) is 0. The van der Waals surface area contributed by atoms with Gasteiger partial charge >= 0.3 is 0 Å². The van der Waals surface area contributed by atoms with E-state index in [0.29, 0.717) is 17.5 Å². The van der Waals surface area contributed by atoms with Gasteiger partial charge in [0.05, 0.1) is 27.8 Å². The van der Waals surface area contributed by atoms with Gasteiger partial charge in [-0.25, -0.2) is 15.0 Å². The zero-order valence-corrected chi connectivity index (χ0v) is 25.8. The van der Waals surface area contributed by atoms with Gasteiger partial charge in [-0.1, -0.05) is 127 Å². The Balaban J connectivity index is 1.27. The van der Waals surface area contributed by atoms with Gasteiger partial charge in [-0.05, 0) is 47.2 Å². The van der Waals surface area contributed by atoms with E-state index in [2.05, 4.69) is 112 Å². The van der Waals surface area contributed by atoms with Crippen LogP contribution in [0.25, 0.3) is 89.2 Å². The van der Waals surface area contributed by atoms with Crippen molar-refractivity contribution in [3.63, 3.8) is 0 Å². The van der Waals surface area contributed by atoms with Gasteiger partial charge in [0.25, 0.3) is 0 Å². The number of rotatable bonds is 4. The molecule has 0 saturated heterocycles. The second kappa shape index (κ2) is 10.5. The zero-order chi connectivity index (χ0) is 31.6. The van der Waals surface area contributed by atoms with Crippen molar-refractivity contribution >= 4 is 43.6 Å². The molecular formula is C43H27N5. The fourth-order valence-corrected chi connectivity index (χ4v) is 7.22. The van der Waals surface area contributed by atoms with Crippen molar-refractivity contribution in [1.29, 1.82) is 0 Å². The highest BCUT2D eigenvalue weighted by Crippen LogP contribution is 2.42. The summed E-state index contributed by atoms with van der Waals surface area (Å²) in [6.07, 6.45) is 0. The largest absolute Gasteiger partial charge is 0.306 e. The van der Waals surface area contributed by atoms with Crippen LogP contribution in [0, 0.1) is 0 Å². The van der Waals surface area contributed by atoms with Gasteiger partial charge < -0.3 is 9.13 Å². The van der Waals surface area contributed by atoms with E-state index >= 15 is 0 Å². The van der Waals surface area contributed by atoms with Crippen LogP contribution in [0.5, 0.6) is 0 Å². The van der Waals surface area contributed by atoms with Crippen molar-refractivity contribution in [2.75, 3.05) is 0 Å². The van der Waals surface area contributed by atoms with Crippen LogP contribution in [0.15, 0.2) is 164 Å². The lowest BCUT2D eigenvalue weighted by Crippen LogP contribution is -2.12. The number of hydrogen-bond donors (Lipinski definition) is 0. The van der Waals surface area contributed by atoms with Crippen molar-refractivity contribution in [3.05, 3.63) is 164 Å². The molecule has 0 bridgehead atoms. The van der Waals surface area contributed by atoms with Crippen molar-refractivity contribution in [1.82, 2.24) is 24.1 Å². The monoisotopic (exact) mass is 613 g/mol. The van der Waals surface area contributed by atoms with Crippen LogP contribution >= 0.6 is 0 Å². The average Bonchev–Trinajstić information content (AvgIpc) is 3.17. The number of benzene rings is 7. The van der Waals surface area contributed by atoms with Crippen molar-refractivity contribution < 1.29 is 0 Å². The lowest BCUT2D eigenvalue weighted by molar-refractivity contribution is 1.06. The lowest BCUT2D eigenvalue weighted by atomic mass is 9.96. The molecule has 224 valence electrons. The second-order valence-electron chi connectivity index (χ2n) is 12.1. The highest BCUT2D eigenvalue weighted by molar-refractivity contribution is 6.20.